The van der Waals surface area contributed by atoms with Gasteiger partial charge in [0.05, 0.1) is 4.90 Å². The quantitative estimate of drug-likeness (QED) is 0.598. The van der Waals surface area contributed by atoms with Gasteiger partial charge in [0.2, 0.25) is 10.0 Å². The maximum atomic E-state index is 12.6. The van der Waals surface area contributed by atoms with Crippen LogP contribution >= 0.6 is 0 Å². The molecule has 3 aromatic rings. The van der Waals surface area contributed by atoms with Gasteiger partial charge < -0.3 is 9.88 Å². The van der Waals surface area contributed by atoms with Gasteiger partial charge in [-0.1, -0.05) is 6.07 Å². The Kier molecular flexibility index (Phi) is 5.40. The van der Waals surface area contributed by atoms with Crippen LogP contribution in [0.25, 0.3) is 5.82 Å². The van der Waals surface area contributed by atoms with E-state index in [0.717, 1.165) is 30.6 Å². The van der Waals surface area contributed by atoms with Crippen LogP contribution < -0.4 is 10.0 Å². The molecule has 0 radical (unpaired) electrons. The highest BCUT2D eigenvalue weighted by Gasteiger charge is 2.17. The Morgan fingerprint density at radius 3 is 2.57 bits per heavy atom. The molecule has 28 heavy (non-hydrogen) atoms. The van der Waals surface area contributed by atoms with Crippen LogP contribution in [0.3, 0.4) is 0 Å². The molecule has 0 saturated carbocycles. The van der Waals surface area contributed by atoms with E-state index in [1.807, 2.05) is 47.3 Å². The van der Waals surface area contributed by atoms with Gasteiger partial charge in [0.1, 0.15) is 18.0 Å². The monoisotopic (exact) mass is 397 g/mol. The summed E-state index contributed by atoms with van der Waals surface area (Å²) in [5, 5.41) is 3.13. The van der Waals surface area contributed by atoms with E-state index in [0.29, 0.717) is 17.3 Å². The van der Waals surface area contributed by atoms with E-state index >= 15 is 0 Å². The number of hydrogen-bond donors (Lipinski definition) is 2. The predicted octanol–water partition coefficient (Wildman–Crippen LogP) is 2.54. The number of anilines is 1. The third kappa shape index (κ3) is 4.23. The van der Waals surface area contributed by atoms with Crippen LogP contribution in [0.15, 0.2) is 60.0 Å². The summed E-state index contributed by atoms with van der Waals surface area (Å²) in [4.78, 5) is 8.74. The fraction of sp³-hybridized carbons (Fsp3) is 0.300. The Hall–Kier alpha value is -2.71. The first-order valence-electron chi connectivity index (χ1n) is 9.42. The second-order valence-electron chi connectivity index (χ2n) is 6.81. The highest BCUT2D eigenvalue weighted by molar-refractivity contribution is 7.89. The zero-order valence-electron chi connectivity index (χ0n) is 15.5. The van der Waals surface area contributed by atoms with Crippen molar-refractivity contribution in [3.8, 4) is 5.82 Å². The lowest BCUT2D eigenvalue weighted by molar-refractivity contribution is 0.582. The first kappa shape index (κ1) is 18.6. The van der Waals surface area contributed by atoms with Crippen molar-refractivity contribution >= 4 is 15.8 Å². The minimum Gasteiger partial charge on any atom is -0.369 e. The Labute approximate surface area is 164 Å². The lowest BCUT2D eigenvalue weighted by atomic mass is 9.92. The molecule has 0 saturated heterocycles. The molecule has 2 heterocycles. The molecule has 0 fully saturated rings. The number of benzene rings is 1. The number of rotatable bonds is 7. The molecule has 7 nitrogen and oxygen atoms in total. The molecule has 0 aliphatic heterocycles. The molecule has 0 unspecified atom stereocenters. The van der Waals surface area contributed by atoms with E-state index in [-0.39, 0.29) is 6.54 Å². The van der Waals surface area contributed by atoms with E-state index < -0.39 is 10.0 Å². The zero-order chi connectivity index (χ0) is 19.4. The molecule has 146 valence electrons. The maximum absolute atomic E-state index is 12.6. The number of nitrogens with one attached hydrogen (secondary N) is 2. The number of aryl methyl sites for hydroxylation is 2. The van der Waals surface area contributed by atoms with E-state index in [9.17, 15) is 8.42 Å². The van der Waals surface area contributed by atoms with Crippen LogP contribution in [0.1, 0.15) is 24.0 Å². The van der Waals surface area contributed by atoms with Crippen molar-refractivity contribution in [3.63, 3.8) is 0 Å². The Morgan fingerprint density at radius 2 is 1.75 bits per heavy atom. The molecule has 1 aliphatic rings. The van der Waals surface area contributed by atoms with Crippen molar-refractivity contribution < 1.29 is 8.42 Å². The lowest BCUT2D eigenvalue weighted by Crippen LogP contribution is -2.29. The molecule has 2 aromatic heterocycles. The van der Waals surface area contributed by atoms with Gasteiger partial charge in [-0.05, 0) is 61.1 Å². The molecule has 0 atom stereocenters. The summed E-state index contributed by atoms with van der Waals surface area (Å²) in [6, 6.07) is 11.1. The second kappa shape index (κ2) is 8.12. The summed E-state index contributed by atoms with van der Waals surface area (Å²) >= 11 is 0. The second-order valence-corrected chi connectivity index (χ2v) is 8.58. The van der Waals surface area contributed by atoms with Crippen molar-refractivity contribution in [2.75, 3.05) is 18.4 Å². The molecule has 0 amide bonds. The molecule has 4 rings (SSSR count). The Morgan fingerprint density at radius 1 is 0.964 bits per heavy atom. The van der Waals surface area contributed by atoms with Crippen LogP contribution in [0.5, 0.6) is 0 Å². The van der Waals surface area contributed by atoms with E-state index in [1.54, 1.807) is 6.07 Å². The largest absolute Gasteiger partial charge is 0.369 e. The molecule has 0 spiro atoms. The summed E-state index contributed by atoms with van der Waals surface area (Å²) in [6.07, 6.45) is 9.58. The predicted molar refractivity (Wildman–Crippen MR) is 108 cm³/mol. The van der Waals surface area contributed by atoms with E-state index in [2.05, 4.69) is 20.0 Å². The molecular formula is C20H23N5O2S. The van der Waals surface area contributed by atoms with Crippen LogP contribution in [0.2, 0.25) is 0 Å². The van der Waals surface area contributed by atoms with Gasteiger partial charge in [-0.15, -0.1) is 0 Å². The van der Waals surface area contributed by atoms with Gasteiger partial charge in [-0.3, -0.25) is 0 Å². The highest BCUT2D eigenvalue weighted by atomic mass is 32.2. The van der Waals surface area contributed by atoms with Crippen LogP contribution in [-0.2, 0) is 22.9 Å². The van der Waals surface area contributed by atoms with Crippen LogP contribution in [0, 0.1) is 0 Å². The van der Waals surface area contributed by atoms with Crippen molar-refractivity contribution in [2.45, 2.75) is 30.6 Å². The Bertz CT molecular complexity index is 1050. The number of sulfonamides is 1. The van der Waals surface area contributed by atoms with Gasteiger partial charge in [-0.25, -0.2) is 23.1 Å². The summed E-state index contributed by atoms with van der Waals surface area (Å²) in [6.45, 7) is 0.689. The Balaban J connectivity index is 1.34. The molecule has 1 aromatic carbocycles. The summed E-state index contributed by atoms with van der Waals surface area (Å²) in [5.74, 6) is 1.39. The molecule has 0 bridgehead atoms. The van der Waals surface area contributed by atoms with Gasteiger partial charge in [0.15, 0.2) is 0 Å². The highest BCUT2D eigenvalue weighted by Crippen LogP contribution is 2.24. The maximum Gasteiger partial charge on any atom is 0.240 e. The van der Waals surface area contributed by atoms with Crippen molar-refractivity contribution in [1.82, 2.24) is 19.3 Å². The third-order valence-electron chi connectivity index (χ3n) is 4.88. The van der Waals surface area contributed by atoms with Gasteiger partial charge in [0.25, 0.3) is 0 Å². The number of nitrogens with zero attached hydrogens (tertiary/aromatic N) is 3. The van der Waals surface area contributed by atoms with E-state index in [1.165, 1.54) is 18.3 Å². The lowest BCUT2D eigenvalue weighted by Gasteiger charge is -2.17. The molecular weight excluding hydrogens is 374 g/mol. The van der Waals surface area contributed by atoms with Crippen molar-refractivity contribution in [2.24, 2.45) is 0 Å². The van der Waals surface area contributed by atoms with Crippen molar-refractivity contribution in [3.05, 3.63) is 66.2 Å². The van der Waals surface area contributed by atoms with E-state index in [4.69, 9.17) is 0 Å². The molecule has 8 heteroatoms. The SMILES string of the molecule is O=S(=O)(NCCNc1cc(-n2cccc2)ncn1)c1ccc2c(c1)CCCC2. The minimum absolute atomic E-state index is 0.266. The van der Waals surface area contributed by atoms with Gasteiger partial charge >= 0.3 is 0 Å². The average Bonchev–Trinajstić information content (AvgIpc) is 3.26. The van der Waals surface area contributed by atoms with Crippen LogP contribution in [0.4, 0.5) is 5.82 Å². The topological polar surface area (TPSA) is 88.9 Å². The summed E-state index contributed by atoms with van der Waals surface area (Å²) in [5.41, 5.74) is 2.43. The standard InChI is InChI=1S/C20H23N5O2S/c26-28(27,18-8-7-16-5-1-2-6-17(16)13-18)24-10-9-21-19-14-20(23-15-22-19)25-11-3-4-12-25/h3-4,7-8,11-15,24H,1-2,5-6,9-10H2,(H,21,22,23). The normalized spacial score (nSPS) is 13.9. The average molecular weight is 398 g/mol. The number of aromatic nitrogens is 3. The van der Waals surface area contributed by atoms with Crippen LogP contribution in [-0.4, -0.2) is 36.0 Å². The fourth-order valence-corrected chi connectivity index (χ4v) is 4.49. The number of fused-ring (bicyclic) bond motifs is 1. The third-order valence-corrected chi connectivity index (χ3v) is 6.33. The number of hydrogen-bond acceptors (Lipinski definition) is 5. The minimum atomic E-state index is -3.52. The molecule has 2 N–H and O–H groups in total. The van der Waals surface area contributed by atoms with Gasteiger partial charge in [-0.2, -0.15) is 0 Å². The summed E-state index contributed by atoms with van der Waals surface area (Å²) in [7, 11) is -3.52. The molecule has 1 aliphatic carbocycles. The first-order chi connectivity index (χ1) is 13.6. The zero-order valence-corrected chi connectivity index (χ0v) is 16.3. The fourth-order valence-electron chi connectivity index (χ4n) is 3.41. The first-order valence-corrected chi connectivity index (χ1v) is 10.9. The summed E-state index contributed by atoms with van der Waals surface area (Å²) < 4.78 is 29.7. The smallest absolute Gasteiger partial charge is 0.240 e. The van der Waals surface area contributed by atoms with Gasteiger partial charge in [0, 0.05) is 31.5 Å². The van der Waals surface area contributed by atoms with Crippen molar-refractivity contribution in [1.29, 1.82) is 0 Å².